The minimum Gasteiger partial charge on any atom is -0.460 e. The number of carbonyl (C=O) groups is 1. The Morgan fingerprint density at radius 3 is 2.50 bits per heavy atom. The summed E-state index contributed by atoms with van der Waals surface area (Å²) in [7, 11) is 0. The summed E-state index contributed by atoms with van der Waals surface area (Å²) < 4.78 is 5.25. The van der Waals surface area contributed by atoms with Crippen molar-refractivity contribution in [2.24, 2.45) is 10.4 Å². The molecule has 0 saturated heterocycles. The summed E-state index contributed by atoms with van der Waals surface area (Å²) in [6.07, 6.45) is 0.165. The Kier molecular flexibility index (Phi) is 6.34. The molecule has 0 amide bonds. The van der Waals surface area contributed by atoms with Gasteiger partial charge in [0.1, 0.15) is 5.60 Å². The standard InChI is InChI=1S/C14H19N5O3/c1-14(2,3)22-13(20)8-10-4-6-11(7-5-10)12(17-19-21)9-16-18-15/h4-7,12H,8-9H2,1-3H3,(H,17,21). The highest BCUT2D eigenvalue weighted by molar-refractivity contribution is 5.73. The molecular weight excluding hydrogens is 286 g/mol. The van der Waals surface area contributed by atoms with E-state index < -0.39 is 11.6 Å². The number of nitroso groups, excluding NO2 is 1. The SMILES string of the molecule is CC(C)(C)OC(=O)Cc1ccc(C(CN=[N+]=[N-])NN=O)cc1. The fraction of sp³-hybridized carbons (Fsp3) is 0.500. The molecule has 0 aliphatic rings. The Morgan fingerprint density at radius 2 is 2.00 bits per heavy atom. The molecule has 0 radical (unpaired) electrons. The first-order chi connectivity index (χ1) is 10.4. The predicted octanol–water partition coefficient (Wildman–Crippen LogP) is 3.19. The first kappa shape index (κ1) is 17.5. The molecule has 8 heteroatoms. The molecule has 0 spiro atoms. The molecule has 0 aliphatic heterocycles. The molecule has 1 unspecified atom stereocenters. The predicted molar refractivity (Wildman–Crippen MR) is 81.7 cm³/mol. The first-order valence-corrected chi connectivity index (χ1v) is 6.75. The minimum absolute atomic E-state index is 0.0631. The van der Waals surface area contributed by atoms with Crippen LogP contribution in [-0.4, -0.2) is 18.1 Å². The molecule has 0 aliphatic carbocycles. The molecule has 118 valence electrons. The van der Waals surface area contributed by atoms with E-state index in [-0.39, 0.29) is 18.9 Å². The lowest BCUT2D eigenvalue weighted by Gasteiger charge is -2.19. The highest BCUT2D eigenvalue weighted by atomic mass is 16.6. The maximum atomic E-state index is 11.7. The number of carbonyl (C=O) groups excluding carboxylic acids is 1. The van der Waals surface area contributed by atoms with Crippen LogP contribution in [0.25, 0.3) is 10.4 Å². The van der Waals surface area contributed by atoms with E-state index >= 15 is 0 Å². The molecule has 1 N–H and O–H groups in total. The van der Waals surface area contributed by atoms with Gasteiger partial charge in [-0.3, -0.25) is 10.2 Å². The molecule has 22 heavy (non-hydrogen) atoms. The van der Waals surface area contributed by atoms with Crippen molar-refractivity contribution in [1.29, 1.82) is 0 Å². The Hall–Kier alpha value is -2.60. The van der Waals surface area contributed by atoms with Crippen LogP contribution in [0.3, 0.4) is 0 Å². The number of nitrogens with one attached hydrogen (secondary N) is 1. The zero-order chi connectivity index (χ0) is 16.6. The van der Waals surface area contributed by atoms with Crippen LogP contribution in [0.15, 0.2) is 34.7 Å². The number of hydrogen-bond acceptors (Lipinski definition) is 5. The van der Waals surface area contributed by atoms with Gasteiger partial charge in [-0.05, 0) is 37.4 Å². The van der Waals surface area contributed by atoms with Gasteiger partial charge in [0.05, 0.1) is 24.3 Å². The molecule has 1 aromatic carbocycles. The van der Waals surface area contributed by atoms with Crippen molar-refractivity contribution in [3.8, 4) is 0 Å². The van der Waals surface area contributed by atoms with Crippen LogP contribution in [0.5, 0.6) is 0 Å². The minimum atomic E-state index is -0.517. The van der Waals surface area contributed by atoms with Gasteiger partial charge in [0.2, 0.25) is 0 Å². The lowest BCUT2D eigenvalue weighted by atomic mass is 10.0. The van der Waals surface area contributed by atoms with Crippen LogP contribution in [0, 0.1) is 4.91 Å². The van der Waals surface area contributed by atoms with Crippen molar-refractivity contribution in [3.05, 3.63) is 50.7 Å². The molecule has 8 nitrogen and oxygen atoms in total. The van der Waals surface area contributed by atoms with Gasteiger partial charge in [0.15, 0.2) is 0 Å². The van der Waals surface area contributed by atoms with Gasteiger partial charge in [0.25, 0.3) is 0 Å². The number of benzene rings is 1. The van der Waals surface area contributed by atoms with Crippen LogP contribution in [0.4, 0.5) is 0 Å². The van der Waals surface area contributed by atoms with E-state index in [1.165, 1.54) is 0 Å². The molecule has 1 aromatic rings. The van der Waals surface area contributed by atoms with Crippen LogP contribution in [0.1, 0.15) is 37.9 Å². The highest BCUT2D eigenvalue weighted by Gasteiger charge is 2.17. The van der Waals surface area contributed by atoms with E-state index in [0.29, 0.717) is 0 Å². The third-order valence-electron chi connectivity index (χ3n) is 2.69. The van der Waals surface area contributed by atoms with Crippen LogP contribution in [0.2, 0.25) is 0 Å². The number of nitrogens with zero attached hydrogens (tertiary/aromatic N) is 4. The third kappa shape index (κ3) is 6.23. The smallest absolute Gasteiger partial charge is 0.310 e. The largest absolute Gasteiger partial charge is 0.460 e. The van der Waals surface area contributed by atoms with Crippen molar-refractivity contribution in [3.63, 3.8) is 0 Å². The van der Waals surface area contributed by atoms with Crippen molar-refractivity contribution in [2.45, 2.75) is 38.8 Å². The molecule has 1 rings (SSSR count). The molecule has 0 aromatic heterocycles. The Morgan fingerprint density at radius 1 is 1.36 bits per heavy atom. The fourth-order valence-corrected chi connectivity index (χ4v) is 1.81. The molecule has 0 heterocycles. The van der Waals surface area contributed by atoms with Crippen molar-refractivity contribution < 1.29 is 9.53 Å². The van der Waals surface area contributed by atoms with Gasteiger partial charge in [-0.15, -0.1) is 4.91 Å². The fourth-order valence-electron chi connectivity index (χ4n) is 1.81. The summed E-state index contributed by atoms with van der Waals surface area (Å²) in [6, 6.07) is 6.51. The Bertz CT molecular complexity index is 559. The monoisotopic (exact) mass is 305 g/mol. The van der Waals surface area contributed by atoms with Crippen LogP contribution < -0.4 is 5.43 Å². The van der Waals surface area contributed by atoms with Crippen molar-refractivity contribution >= 4 is 5.97 Å². The van der Waals surface area contributed by atoms with Gasteiger partial charge < -0.3 is 4.74 Å². The lowest BCUT2D eigenvalue weighted by molar-refractivity contribution is -0.153. The van der Waals surface area contributed by atoms with Crippen LogP contribution >= 0.6 is 0 Å². The van der Waals surface area contributed by atoms with Gasteiger partial charge >= 0.3 is 5.97 Å². The summed E-state index contributed by atoms with van der Waals surface area (Å²) in [5.41, 5.74) is 11.7. The average Bonchev–Trinajstić information content (AvgIpc) is 2.42. The average molecular weight is 305 g/mol. The second-order valence-electron chi connectivity index (χ2n) is 5.69. The second kappa shape index (κ2) is 7.99. The van der Waals surface area contributed by atoms with Crippen molar-refractivity contribution in [2.75, 3.05) is 6.54 Å². The summed E-state index contributed by atoms with van der Waals surface area (Å²) in [4.78, 5) is 24.7. The first-order valence-electron chi connectivity index (χ1n) is 6.75. The van der Waals surface area contributed by atoms with E-state index in [1.807, 2.05) is 20.8 Å². The molecule has 0 fully saturated rings. The number of rotatable bonds is 7. The zero-order valence-electron chi connectivity index (χ0n) is 12.8. The topological polar surface area (TPSA) is 117 Å². The van der Waals surface area contributed by atoms with E-state index in [1.54, 1.807) is 24.3 Å². The summed E-state index contributed by atoms with van der Waals surface area (Å²) >= 11 is 0. The number of azide groups is 1. The van der Waals surface area contributed by atoms with E-state index in [2.05, 4.69) is 20.7 Å². The normalized spacial score (nSPS) is 12.0. The maximum Gasteiger partial charge on any atom is 0.310 e. The van der Waals surface area contributed by atoms with E-state index in [9.17, 15) is 9.70 Å². The van der Waals surface area contributed by atoms with E-state index in [0.717, 1.165) is 11.1 Å². The summed E-state index contributed by atoms with van der Waals surface area (Å²) in [5, 5.41) is 6.04. The summed E-state index contributed by atoms with van der Waals surface area (Å²) in [5.74, 6) is -0.307. The van der Waals surface area contributed by atoms with Gasteiger partial charge in [-0.1, -0.05) is 29.4 Å². The molecular formula is C14H19N5O3. The Labute approximate surface area is 128 Å². The Balaban J connectivity index is 2.74. The second-order valence-corrected chi connectivity index (χ2v) is 5.69. The lowest BCUT2D eigenvalue weighted by Crippen LogP contribution is -2.25. The molecule has 1 atom stereocenters. The van der Waals surface area contributed by atoms with Gasteiger partial charge in [0, 0.05) is 4.91 Å². The molecule has 0 bridgehead atoms. The number of ether oxygens (including phenoxy) is 1. The summed E-state index contributed by atoms with van der Waals surface area (Å²) in [6.45, 7) is 5.50. The number of esters is 1. The van der Waals surface area contributed by atoms with Gasteiger partial charge in [-0.25, -0.2) is 0 Å². The van der Waals surface area contributed by atoms with Gasteiger partial charge in [-0.2, -0.15) is 0 Å². The van der Waals surface area contributed by atoms with E-state index in [4.69, 9.17) is 10.3 Å². The van der Waals surface area contributed by atoms with Crippen molar-refractivity contribution in [1.82, 2.24) is 5.43 Å². The molecule has 0 saturated carbocycles. The quantitative estimate of drug-likeness (QED) is 0.208. The third-order valence-corrected chi connectivity index (χ3v) is 2.69. The maximum absolute atomic E-state index is 11.7. The zero-order valence-corrected chi connectivity index (χ0v) is 12.8. The number of hydrogen-bond donors (Lipinski definition) is 1. The highest BCUT2D eigenvalue weighted by Crippen LogP contribution is 2.16. The van der Waals surface area contributed by atoms with Crippen LogP contribution in [-0.2, 0) is 16.0 Å².